The van der Waals surface area contributed by atoms with Crippen molar-refractivity contribution in [2.75, 3.05) is 7.11 Å². The van der Waals surface area contributed by atoms with Crippen LogP contribution in [0.3, 0.4) is 0 Å². The van der Waals surface area contributed by atoms with E-state index in [4.69, 9.17) is 9.15 Å². The fourth-order valence-corrected chi connectivity index (χ4v) is 1.14. The van der Waals surface area contributed by atoms with E-state index in [0.29, 0.717) is 16.8 Å². The third-order valence-electron chi connectivity index (χ3n) is 1.80. The van der Waals surface area contributed by atoms with Gasteiger partial charge in [0.15, 0.2) is 5.58 Å². The summed E-state index contributed by atoms with van der Waals surface area (Å²) in [6.45, 7) is 0. The summed E-state index contributed by atoms with van der Waals surface area (Å²) in [6, 6.07) is 4.73. The minimum Gasteiger partial charge on any atom is -0.497 e. The van der Waals surface area contributed by atoms with E-state index in [1.807, 2.05) is 0 Å². The number of rotatable bonds is 2. The first-order valence-corrected chi connectivity index (χ1v) is 3.93. The Morgan fingerprint density at radius 1 is 1.43 bits per heavy atom. The summed E-state index contributed by atoms with van der Waals surface area (Å²) in [5, 5.41) is 0. The zero-order valence-electron chi connectivity index (χ0n) is 7.33. The molecular weight excluding hydrogens is 192 g/mol. The molecule has 0 amide bonds. The number of alkyl halides is 2. The van der Waals surface area contributed by atoms with E-state index in [-0.39, 0.29) is 0 Å². The average molecular weight is 199 g/mol. The van der Waals surface area contributed by atoms with Gasteiger partial charge in [-0.25, -0.2) is 4.98 Å². The molecule has 14 heavy (non-hydrogen) atoms. The van der Waals surface area contributed by atoms with Crippen LogP contribution >= 0.6 is 0 Å². The van der Waals surface area contributed by atoms with E-state index in [1.54, 1.807) is 12.1 Å². The molecule has 0 fully saturated rings. The second-order valence-electron chi connectivity index (χ2n) is 2.69. The minimum absolute atomic E-state index is 0.305. The van der Waals surface area contributed by atoms with Gasteiger partial charge in [-0.2, -0.15) is 8.78 Å². The maximum Gasteiger partial charge on any atom is 0.313 e. The van der Waals surface area contributed by atoms with Crippen LogP contribution in [0.5, 0.6) is 5.75 Å². The average Bonchev–Trinajstić information content (AvgIpc) is 2.59. The Kier molecular flexibility index (Phi) is 2.07. The maximum absolute atomic E-state index is 12.2. The van der Waals surface area contributed by atoms with Crippen molar-refractivity contribution >= 4 is 11.1 Å². The van der Waals surface area contributed by atoms with Crippen LogP contribution in [0.15, 0.2) is 22.6 Å². The van der Waals surface area contributed by atoms with Crippen LogP contribution in [0, 0.1) is 0 Å². The molecule has 5 heteroatoms. The lowest BCUT2D eigenvalue weighted by atomic mass is 10.3. The third-order valence-corrected chi connectivity index (χ3v) is 1.80. The summed E-state index contributed by atoms with van der Waals surface area (Å²) >= 11 is 0. The molecular formula is C9H7F2NO2. The van der Waals surface area contributed by atoms with E-state index in [1.165, 1.54) is 13.2 Å². The molecule has 0 aliphatic carbocycles. The van der Waals surface area contributed by atoms with Crippen molar-refractivity contribution in [1.29, 1.82) is 0 Å². The van der Waals surface area contributed by atoms with Crippen LogP contribution in [0.1, 0.15) is 12.3 Å². The molecule has 2 rings (SSSR count). The number of aromatic nitrogens is 1. The highest BCUT2D eigenvalue weighted by atomic mass is 19.3. The standard InChI is InChI=1S/C9H7F2NO2/c1-13-5-2-3-6-7(4-5)14-9(12-6)8(10)11/h2-4,8H,1H3. The predicted octanol–water partition coefficient (Wildman–Crippen LogP) is 2.77. The quantitative estimate of drug-likeness (QED) is 0.745. The van der Waals surface area contributed by atoms with Crippen molar-refractivity contribution in [3.8, 4) is 5.75 Å². The number of halogens is 2. The summed E-state index contributed by atoms with van der Waals surface area (Å²) < 4.78 is 34.1. The van der Waals surface area contributed by atoms with Crippen molar-refractivity contribution in [3.63, 3.8) is 0 Å². The number of nitrogens with zero attached hydrogens (tertiary/aromatic N) is 1. The lowest BCUT2D eigenvalue weighted by Crippen LogP contribution is -1.81. The lowest BCUT2D eigenvalue weighted by Gasteiger charge is -1.95. The molecule has 0 saturated carbocycles. The Bertz CT molecular complexity index is 453. The zero-order chi connectivity index (χ0) is 10.1. The van der Waals surface area contributed by atoms with Gasteiger partial charge in [0.05, 0.1) is 7.11 Å². The van der Waals surface area contributed by atoms with Gasteiger partial charge in [0.25, 0.3) is 5.89 Å². The van der Waals surface area contributed by atoms with Gasteiger partial charge in [0.1, 0.15) is 11.3 Å². The van der Waals surface area contributed by atoms with Crippen LogP contribution in [-0.2, 0) is 0 Å². The molecule has 0 saturated heterocycles. The second-order valence-corrected chi connectivity index (χ2v) is 2.69. The molecule has 3 nitrogen and oxygen atoms in total. The molecule has 1 heterocycles. The fraction of sp³-hybridized carbons (Fsp3) is 0.222. The summed E-state index contributed by atoms with van der Waals surface area (Å²) in [5.74, 6) is -0.0114. The number of ether oxygens (including phenoxy) is 1. The van der Waals surface area contributed by atoms with E-state index < -0.39 is 12.3 Å². The van der Waals surface area contributed by atoms with Crippen LogP contribution in [0.25, 0.3) is 11.1 Å². The monoisotopic (exact) mass is 199 g/mol. The largest absolute Gasteiger partial charge is 0.497 e. The highest BCUT2D eigenvalue weighted by Crippen LogP contribution is 2.25. The molecule has 0 N–H and O–H groups in total. The van der Waals surface area contributed by atoms with Crippen LogP contribution in [0.4, 0.5) is 8.78 Å². The number of fused-ring (bicyclic) bond motifs is 1. The van der Waals surface area contributed by atoms with E-state index >= 15 is 0 Å². The second kappa shape index (κ2) is 3.25. The lowest BCUT2D eigenvalue weighted by molar-refractivity contribution is 0.117. The highest BCUT2D eigenvalue weighted by Gasteiger charge is 2.15. The molecule has 1 aromatic heterocycles. The van der Waals surface area contributed by atoms with Crippen molar-refractivity contribution in [2.24, 2.45) is 0 Å². The van der Waals surface area contributed by atoms with Gasteiger partial charge in [-0.15, -0.1) is 0 Å². The van der Waals surface area contributed by atoms with E-state index in [9.17, 15) is 8.78 Å². The molecule has 1 aromatic carbocycles. The van der Waals surface area contributed by atoms with Gasteiger partial charge < -0.3 is 9.15 Å². The number of oxazole rings is 1. The molecule has 0 spiro atoms. The zero-order valence-corrected chi connectivity index (χ0v) is 7.33. The van der Waals surface area contributed by atoms with Gasteiger partial charge >= 0.3 is 6.43 Å². The highest BCUT2D eigenvalue weighted by molar-refractivity contribution is 5.74. The first kappa shape index (κ1) is 8.93. The van der Waals surface area contributed by atoms with Crippen molar-refractivity contribution in [1.82, 2.24) is 4.98 Å². The summed E-state index contributed by atoms with van der Waals surface area (Å²) in [6.07, 6.45) is -2.69. The Hall–Kier alpha value is -1.65. The van der Waals surface area contributed by atoms with E-state index in [0.717, 1.165) is 0 Å². The summed E-state index contributed by atoms with van der Waals surface area (Å²) in [7, 11) is 1.49. The molecule has 0 aliphatic heterocycles. The number of methoxy groups -OCH3 is 1. The Labute approximate surface area is 78.3 Å². The molecule has 2 aromatic rings. The van der Waals surface area contributed by atoms with Crippen molar-refractivity contribution < 1.29 is 17.9 Å². The number of hydrogen-bond donors (Lipinski definition) is 0. The van der Waals surface area contributed by atoms with Gasteiger partial charge in [0.2, 0.25) is 0 Å². The summed E-state index contributed by atoms with van der Waals surface area (Å²) in [5.41, 5.74) is 0.709. The molecule has 0 aliphatic rings. The Morgan fingerprint density at radius 2 is 2.21 bits per heavy atom. The number of hydrogen-bond acceptors (Lipinski definition) is 3. The molecule has 74 valence electrons. The molecule has 0 radical (unpaired) electrons. The van der Waals surface area contributed by atoms with Crippen LogP contribution < -0.4 is 4.74 Å². The molecule has 0 unspecified atom stereocenters. The Morgan fingerprint density at radius 3 is 2.86 bits per heavy atom. The normalized spacial score (nSPS) is 11.1. The smallest absolute Gasteiger partial charge is 0.313 e. The van der Waals surface area contributed by atoms with Gasteiger partial charge in [-0.1, -0.05) is 0 Å². The van der Waals surface area contributed by atoms with E-state index in [2.05, 4.69) is 4.98 Å². The maximum atomic E-state index is 12.2. The Balaban J connectivity index is 2.54. The van der Waals surface area contributed by atoms with Crippen LogP contribution in [-0.4, -0.2) is 12.1 Å². The molecule has 0 atom stereocenters. The minimum atomic E-state index is -2.69. The number of benzene rings is 1. The SMILES string of the molecule is COc1ccc2nc(C(F)F)oc2c1. The molecule has 0 bridgehead atoms. The first-order valence-electron chi connectivity index (χ1n) is 3.93. The van der Waals surface area contributed by atoms with Gasteiger partial charge in [-0.3, -0.25) is 0 Å². The van der Waals surface area contributed by atoms with Gasteiger partial charge in [0, 0.05) is 6.07 Å². The predicted molar refractivity (Wildman–Crippen MR) is 45.5 cm³/mol. The fourth-order valence-electron chi connectivity index (χ4n) is 1.14. The first-order chi connectivity index (χ1) is 6.70. The van der Waals surface area contributed by atoms with Crippen molar-refractivity contribution in [2.45, 2.75) is 6.43 Å². The van der Waals surface area contributed by atoms with Crippen molar-refractivity contribution in [3.05, 3.63) is 24.1 Å². The summed E-state index contributed by atoms with van der Waals surface area (Å²) in [4.78, 5) is 3.62. The van der Waals surface area contributed by atoms with Gasteiger partial charge in [-0.05, 0) is 12.1 Å². The topological polar surface area (TPSA) is 35.3 Å². The third kappa shape index (κ3) is 1.41. The van der Waals surface area contributed by atoms with Crippen LogP contribution in [0.2, 0.25) is 0 Å².